The fourth-order valence-electron chi connectivity index (χ4n) is 2.36. The average Bonchev–Trinajstić information content (AvgIpc) is 2.71. The van der Waals surface area contributed by atoms with Crippen LogP contribution < -0.4 is 4.74 Å². The van der Waals surface area contributed by atoms with E-state index < -0.39 is 17.9 Å². The molecule has 0 saturated carbocycles. The summed E-state index contributed by atoms with van der Waals surface area (Å²) >= 11 is 0. The summed E-state index contributed by atoms with van der Waals surface area (Å²) in [6, 6.07) is 10.5. The van der Waals surface area contributed by atoms with Crippen molar-refractivity contribution in [3.05, 3.63) is 59.4 Å². The summed E-state index contributed by atoms with van der Waals surface area (Å²) < 4.78 is 15.5. The highest BCUT2D eigenvalue weighted by Gasteiger charge is 2.16. The number of hydrogen-bond acceptors (Lipinski definition) is 7. The Hall–Kier alpha value is -3.22. The molecule has 7 nitrogen and oxygen atoms in total. The normalized spacial score (nSPS) is 10.5. The van der Waals surface area contributed by atoms with E-state index in [1.54, 1.807) is 13.8 Å². The zero-order valence-electron chi connectivity index (χ0n) is 16.8. The third kappa shape index (κ3) is 7.03. The van der Waals surface area contributed by atoms with Gasteiger partial charge in [-0.1, -0.05) is 25.8 Å². The molecule has 0 aliphatic carbocycles. The predicted octanol–water partition coefficient (Wildman–Crippen LogP) is 4.21. The molecule has 0 aliphatic rings. The molecule has 0 atom stereocenters. The van der Waals surface area contributed by atoms with Crippen molar-refractivity contribution >= 4 is 17.9 Å². The van der Waals surface area contributed by atoms with E-state index in [0.29, 0.717) is 12.2 Å². The molecule has 1 heterocycles. The summed E-state index contributed by atoms with van der Waals surface area (Å²) in [5.74, 6) is -1.51. The van der Waals surface area contributed by atoms with Crippen LogP contribution in [0.3, 0.4) is 0 Å². The first-order valence-electron chi connectivity index (χ1n) is 9.58. The zero-order chi connectivity index (χ0) is 21.2. The van der Waals surface area contributed by atoms with Crippen molar-refractivity contribution in [1.29, 1.82) is 0 Å². The second-order valence-corrected chi connectivity index (χ2v) is 6.62. The van der Waals surface area contributed by atoms with Crippen molar-refractivity contribution in [2.45, 2.75) is 46.1 Å². The van der Waals surface area contributed by atoms with Crippen LogP contribution in [0.2, 0.25) is 0 Å². The molecular formula is C22H25NO6. The molecule has 0 amide bonds. The molecule has 1 aromatic carbocycles. The highest BCUT2D eigenvalue weighted by atomic mass is 16.5. The molecular weight excluding hydrogens is 374 g/mol. The molecule has 0 bridgehead atoms. The monoisotopic (exact) mass is 399 g/mol. The van der Waals surface area contributed by atoms with E-state index in [4.69, 9.17) is 14.2 Å². The van der Waals surface area contributed by atoms with E-state index in [1.165, 1.54) is 42.5 Å². The Bertz CT molecular complexity index is 845. The van der Waals surface area contributed by atoms with Crippen molar-refractivity contribution in [1.82, 2.24) is 4.98 Å². The maximum atomic E-state index is 12.3. The van der Waals surface area contributed by atoms with Crippen molar-refractivity contribution < 1.29 is 28.6 Å². The molecule has 7 heteroatoms. The molecule has 154 valence electrons. The molecule has 0 unspecified atom stereocenters. The maximum absolute atomic E-state index is 12.3. The minimum atomic E-state index is -0.723. The summed E-state index contributed by atoms with van der Waals surface area (Å²) in [6.07, 6.45) is 2.59. The first-order valence-corrected chi connectivity index (χ1v) is 9.58. The van der Waals surface area contributed by atoms with E-state index in [1.807, 2.05) is 0 Å². The lowest BCUT2D eigenvalue weighted by atomic mass is 10.2. The second kappa shape index (κ2) is 10.9. The summed E-state index contributed by atoms with van der Waals surface area (Å²) in [5.41, 5.74) is 0.370. The molecule has 2 rings (SSSR count). The summed E-state index contributed by atoms with van der Waals surface area (Å²) in [5, 5.41) is 0. The molecule has 0 N–H and O–H groups in total. The molecule has 29 heavy (non-hydrogen) atoms. The number of unbranched alkanes of at least 4 members (excludes halogenated alkanes) is 2. The van der Waals surface area contributed by atoms with Crippen molar-refractivity contribution in [2.75, 3.05) is 6.61 Å². The van der Waals surface area contributed by atoms with Gasteiger partial charge < -0.3 is 14.2 Å². The lowest BCUT2D eigenvalue weighted by Crippen LogP contribution is -2.16. The van der Waals surface area contributed by atoms with Gasteiger partial charge in [0.1, 0.15) is 17.1 Å². The Labute approximate surface area is 170 Å². The number of benzene rings is 1. The van der Waals surface area contributed by atoms with E-state index in [9.17, 15) is 14.4 Å². The largest absolute Gasteiger partial charge is 0.462 e. The molecule has 0 spiro atoms. The Balaban J connectivity index is 1.97. The van der Waals surface area contributed by atoms with Crippen LogP contribution in [0.15, 0.2) is 42.5 Å². The Morgan fingerprint density at radius 3 is 2.17 bits per heavy atom. The number of carbonyl (C=O) groups excluding carboxylic acids is 3. The van der Waals surface area contributed by atoms with Crippen LogP contribution in [-0.2, 0) is 9.47 Å². The van der Waals surface area contributed by atoms with Crippen LogP contribution in [-0.4, -0.2) is 35.6 Å². The van der Waals surface area contributed by atoms with Gasteiger partial charge in [0.2, 0.25) is 0 Å². The number of nitrogens with zero attached hydrogens (tertiary/aromatic N) is 1. The zero-order valence-corrected chi connectivity index (χ0v) is 16.8. The highest BCUT2D eigenvalue weighted by molar-refractivity contribution is 5.93. The minimum Gasteiger partial charge on any atom is -0.462 e. The molecule has 1 aromatic heterocycles. The van der Waals surface area contributed by atoms with Crippen LogP contribution in [0, 0.1) is 0 Å². The van der Waals surface area contributed by atoms with Gasteiger partial charge in [-0.15, -0.1) is 0 Å². The molecule has 0 saturated heterocycles. The maximum Gasteiger partial charge on any atom is 0.362 e. The predicted molar refractivity (Wildman–Crippen MR) is 106 cm³/mol. The topological polar surface area (TPSA) is 91.8 Å². The van der Waals surface area contributed by atoms with E-state index >= 15 is 0 Å². The summed E-state index contributed by atoms with van der Waals surface area (Å²) in [6.45, 7) is 5.90. The van der Waals surface area contributed by atoms with Crippen LogP contribution in [0.25, 0.3) is 0 Å². The van der Waals surface area contributed by atoms with Gasteiger partial charge in [-0.25, -0.2) is 19.4 Å². The summed E-state index contributed by atoms with van der Waals surface area (Å²) in [7, 11) is 0. The standard InChI is InChI=1S/C22H25NO6/c1-4-5-6-14-27-20(24)16-10-12-17(13-11-16)29-22(26)19-9-7-8-18(23-19)21(25)28-15(2)3/h7-13,15H,4-6,14H2,1-3H3. The summed E-state index contributed by atoms with van der Waals surface area (Å²) in [4.78, 5) is 40.2. The van der Waals surface area contributed by atoms with Gasteiger partial charge in [-0.05, 0) is 56.7 Å². The number of hydrogen-bond donors (Lipinski definition) is 0. The molecule has 2 aromatic rings. The van der Waals surface area contributed by atoms with E-state index in [-0.39, 0.29) is 23.2 Å². The van der Waals surface area contributed by atoms with Gasteiger partial charge in [0.15, 0.2) is 0 Å². The second-order valence-electron chi connectivity index (χ2n) is 6.62. The molecule has 0 fully saturated rings. The first-order chi connectivity index (χ1) is 13.9. The van der Waals surface area contributed by atoms with Gasteiger partial charge in [-0.3, -0.25) is 0 Å². The van der Waals surface area contributed by atoms with Gasteiger partial charge in [-0.2, -0.15) is 0 Å². The van der Waals surface area contributed by atoms with Crippen LogP contribution in [0.1, 0.15) is 71.4 Å². The average molecular weight is 399 g/mol. The van der Waals surface area contributed by atoms with E-state index in [2.05, 4.69) is 11.9 Å². The SMILES string of the molecule is CCCCCOC(=O)c1ccc(OC(=O)c2cccc(C(=O)OC(C)C)n2)cc1. The molecule has 0 aliphatic heterocycles. The fourth-order valence-corrected chi connectivity index (χ4v) is 2.36. The van der Waals surface area contributed by atoms with Gasteiger partial charge >= 0.3 is 17.9 Å². The van der Waals surface area contributed by atoms with Gasteiger partial charge in [0.25, 0.3) is 0 Å². The highest BCUT2D eigenvalue weighted by Crippen LogP contribution is 2.15. The van der Waals surface area contributed by atoms with E-state index in [0.717, 1.165) is 19.3 Å². The Morgan fingerprint density at radius 1 is 0.897 bits per heavy atom. The number of aromatic nitrogens is 1. The fraction of sp³-hybridized carbons (Fsp3) is 0.364. The number of rotatable bonds is 9. The Morgan fingerprint density at radius 2 is 1.55 bits per heavy atom. The van der Waals surface area contributed by atoms with Gasteiger partial charge in [0.05, 0.1) is 18.3 Å². The lowest BCUT2D eigenvalue weighted by molar-refractivity contribution is 0.0370. The number of esters is 3. The smallest absolute Gasteiger partial charge is 0.362 e. The molecule has 0 radical (unpaired) electrons. The van der Waals surface area contributed by atoms with Crippen molar-refractivity contribution in [3.63, 3.8) is 0 Å². The lowest BCUT2D eigenvalue weighted by Gasteiger charge is -2.08. The quantitative estimate of drug-likeness (QED) is 0.354. The van der Waals surface area contributed by atoms with Crippen molar-refractivity contribution in [3.8, 4) is 5.75 Å². The van der Waals surface area contributed by atoms with Crippen molar-refractivity contribution in [2.24, 2.45) is 0 Å². The Kier molecular flexibility index (Phi) is 8.33. The number of carbonyl (C=O) groups is 3. The number of pyridine rings is 1. The minimum absolute atomic E-state index is 0.0225. The van der Waals surface area contributed by atoms with Crippen LogP contribution >= 0.6 is 0 Å². The third-order valence-corrected chi connectivity index (χ3v) is 3.79. The van der Waals surface area contributed by atoms with Crippen LogP contribution in [0.5, 0.6) is 5.75 Å². The van der Waals surface area contributed by atoms with Gasteiger partial charge in [0, 0.05) is 0 Å². The van der Waals surface area contributed by atoms with Crippen LogP contribution in [0.4, 0.5) is 0 Å². The third-order valence-electron chi connectivity index (χ3n) is 3.79. The number of ether oxygens (including phenoxy) is 3. The first kappa shape index (κ1) is 22.1.